The monoisotopic (exact) mass is 556 g/mol. The largest absolute Gasteiger partial charge is 0.481 e. The van der Waals surface area contributed by atoms with Crippen LogP contribution < -0.4 is 5.32 Å². The van der Waals surface area contributed by atoms with Gasteiger partial charge in [0.1, 0.15) is 5.82 Å². The van der Waals surface area contributed by atoms with Crippen LogP contribution in [0.5, 0.6) is 0 Å². The summed E-state index contributed by atoms with van der Waals surface area (Å²) < 4.78 is 41.4. The Balaban J connectivity index is 1.55. The lowest BCUT2D eigenvalue weighted by molar-refractivity contribution is -0.136. The molecule has 0 aliphatic carbocycles. The molecule has 7 nitrogen and oxygen atoms in total. The Hall–Kier alpha value is -3.11. The van der Waals surface area contributed by atoms with Crippen molar-refractivity contribution in [3.8, 4) is 11.1 Å². The lowest BCUT2D eigenvalue weighted by Gasteiger charge is -2.29. The van der Waals surface area contributed by atoms with E-state index in [4.69, 9.17) is 5.11 Å². The van der Waals surface area contributed by atoms with Gasteiger partial charge in [-0.2, -0.15) is 4.31 Å². The van der Waals surface area contributed by atoms with Gasteiger partial charge >= 0.3 is 5.97 Å². The molecule has 0 bridgehead atoms. The maximum Gasteiger partial charge on any atom is 0.307 e. The summed E-state index contributed by atoms with van der Waals surface area (Å²) in [5, 5.41) is 22.8. The van der Waals surface area contributed by atoms with Gasteiger partial charge in [-0.05, 0) is 73.6 Å². The molecule has 0 aliphatic heterocycles. The molecular weight excluding hydrogens is 519 g/mol. The van der Waals surface area contributed by atoms with Crippen LogP contribution >= 0.6 is 0 Å². The van der Waals surface area contributed by atoms with E-state index in [-0.39, 0.29) is 35.8 Å². The van der Waals surface area contributed by atoms with Crippen molar-refractivity contribution in [2.24, 2.45) is 0 Å². The highest BCUT2D eigenvalue weighted by Gasteiger charge is 2.25. The molecule has 0 saturated heterocycles. The lowest BCUT2D eigenvalue weighted by atomic mass is 9.95. The normalized spacial score (nSPS) is 13.0. The number of hydrogen-bond acceptors (Lipinski definition) is 5. The molecule has 1 unspecified atom stereocenters. The summed E-state index contributed by atoms with van der Waals surface area (Å²) in [6, 6.07) is 20.2. The average molecular weight is 557 g/mol. The number of halogens is 1. The van der Waals surface area contributed by atoms with Gasteiger partial charge in [-0.25, -0.2) is 12.8 Å². The molecule has 0 aromatic heterocycles. The minimum Gasteiger partial charge on any atom is -0.481 e. The van der Waals surface area contributed by atoms with Crippen LogP contribution in [-0.4, -0.2) is 60.7 Å². The smallest absolute Gasteiger partial charge is 0.307 e. The van der Waals surface area contributed by atoms with Gasteiger partial charge in [0.2, 0.25) is 10.0 Å². The molecule has 210 valence electrons. The molecule has 0 amide bonds. The van der Waals surface area contributed by atoms with Crippen LogP contribution in [0, 0.1) is 5.82 Å². The molecular formula is C30H37FN2O5S. The van der Waals surface area contributed by atoms with Crippen LogP contribution in [0.1, 0.15) is 37.8 Å². The summed E-state index contributed by atoms with van der Waals surface area (Å²) in [5.74, 6) is -1.12. The topological polar surface area (TPSA) is 107 Å². The molecule has 0 fully saturated rings. The molecule has 3 aromatic rings. The zero-order valence-electron chi connectivity index (χ0n) is 22.6. The number of aliphatic hydroxyl groups excluding tert-OH is 1. The zero-order valence-corrected chi connectivity index (χ0v) is 23.4. The maximum atomic E-state index is 13.8. The highest BCUT2D eigenvalue weighted by atomic mass is 32.2. The molecule has 1 atom stereocenters. The van der Waals surface area contributed by atoms with E-state index in [1.54, 1.807) is 54.6 Å². The van der Waals surface area contributed by atoms with E-state index in [0.29, 0.717) is 23.1 Å². The molecule has 0 spiro atoms. The molecule has 3 rings (SSSR count). The molecule has 0 radical (unpaired) electrons. The third-order valence-corrected chi connectivity index (χ3v) is 8.49. The van der Waals surface area contributed by atoms with Crippen LogP contribution in [0.15, 0.2) is 77.7 Å². The van der Waals surface area contributed by atoms with Crippen molar-refractivity contribution in [2.75, 3.05) is 20.1 Å². The van der Waals surface area contributed by atoms with E-state index in [0.717, 1.165) is 22.7 Å². The van der Waals surface area contributed by atoms with Crippen LogP contribution in [-0.2, 0) is 27.7 Å². The van der Waals surface area contributed by atoms with Gasteiger partial charge in [0, 0.05) is 25.7 Å². The number of carboxylic acids is 1. The number of sulfonamides is 1. The first-order valence-corrected chi connectivity index (χ1v) is 14.4. The molecule has 39 heavy (non-hydrogen) atoms. The first kappa shape index (κ1) is 30.4. The summed E-state index contributed by atoms with van der Waals surface area (Å²) in [7, 11) is -2.42. The Morgan fingerprint density at radius 1 is 1.03 bits per heavy atom. The number of aliphatic carboxylic acids is 1. The molecule has 0 saturated carbocycles. The molecule has 0 heterocycles. The third-order valence-electron chi connectivity index (χ3n) is 6.67. The highest BCUT2D eigenvalue weighted by molar-refractivity contribution is 7.89. The van der Waals surface area contributed by atoms with E-state index in [9.17, 15) is 22.7 Å². The number of hydrogen-bond donors (Lipinski definition) is 3. The quantitative estimate of drug-likeness (QED) is 0.270. The number of benzene rings is 3. The van der Waals surface area contributed by atoms with E-state index in [1.807, 2.05) is 19.9 Å². The van der Waals surface area contributed by atoms with Gasteiger partial charge in [-0.1, -0.05) is 54.6 Å². The van der Waals surface area contributed by atoms with Gasteiger partial charge in [-0.3, -0.25) is 4.79 Å². The second-order valence-electron chi connectivity index (χ2n) is 10.4. The number of carboxylic acid groups (broad SMARTS) is 1. The van der Waals surface area contributed by atoms with Crippen molar-refractivity contribution >= 4 is 16.0 Å². The van der Waals surface area contributed by atoms with Gasteiger partial charge in [-0.15, -0.1) is 0 Å². The predicted molar refractivity (Wildman–Crippen MR) is 150 cm³/mol. The van der Waals surface area contributed by atoms with Gasteiger partial charge in [0.05, 0.1) is 17.4 Å². The van der Waals surface area contributed by atoms with E-state index < -0.39 is 22.1 Å². The van der Waals surface area contributed by atoms with Crippen molar-refractivity contribution in [3.05, 3.63) is 89.7 Å². The van der Waals surface area contributed by atoms with E-state index in [1.165, 1.54) is 19.2 Å². The molecule has 3 N–H and O–H groups in total. The van der Waals surface area contributed by atoms with Crippen molar-refractivity contribution in [2.45, 2.75) is 56.1 Å². The minimum absolute atomic E-state index is 0.0818. The van der Waals surface area contributed by atoms with E-state index in [2.05, 4.69) is 5.32 Å². The Morgan fingerprint density at radius 3 is 2.38 bits per heavy atom. The fraction of sp³-hybridized carbons (Fsp3) is 0.367. The fourth-order valence-electron chi connectivity index (χ4n) is 4.37. The maximum absolute atomic E-state index is 13.8. The van der Waals surface area contributed by atoms with Gasteiger partial charge in [0.25, 0.3) is 0 Å². The molecule has 3 aromatic carbocycles. The Labute approximate surface area is 230 Å². The van der Waals surface area contributed by atoms with Crippen LogP contribution in [0.4, 0.5) is 4.39 Å². The van der Waals surface area contributed by atoms with Crippen LogP contribution in [0.3, 0.4) is 0 Å². The Bertz CT molecular complexity index is 1360. The fourth-order valence-corrected chi connectivity index (χ4v) is 5.62. The summed E-state index contributed by atoms with van der Waals surface area (Å²) in [5.41, 5.74) is 2.47. The molecule has 0 aliphatic rings. The Morgan fingerprint density at radius 2 is 1.72 bits per heavy atom. The first-order chi connectivity index (χ1) is 18.4. The van der Waals surface area contributed by atoms with Crippen LogP contribution in [0.2, 0.25) is 0 Å². The summed E-state index contributed by atoms with van der Waals surface area (Å²) in [6.45, 7) is 4.12. The number of carbonyl (C=O) groups is 1. The van der Waals surface area contributed by atoms with Crippen molar-refractivity contribution in [3.63, 3.8) is 0 Å². The number of nitrogens with one attached hydrogen (secondary N) is 1. The Kier molecular flexibility index (Phi) is 10.4. The third kappa shape index (κ3) is 8.96. The first-order valence-electron chi connectivity index (χ1n) is 12.9. The number of nitrogens with zero attached hydrogens (tertiary/aromatic N) is 1. The van der Waals surface area contributed by atoms with E-state index >= 15 is 0 Å². The lowest BCUT2D eigenvalue weighted by Crippen LogP contribution is -2.46. The number of aliphatic hydroxyl groups is 1. The SMILES string of the molecule is CN(CC(O)CNC(C)(C)CCCc1ccccc1F)S(=O)(=O)c1cccc(-c2ccc(CC(=O)O)cc2)c1. The zero-order chi connectivity index (χ0) is 28.6. The summed E-state index contributed by atoms with van der Waals surface area (Å²) >= 11 is 0. The number of aryl methyl sites for hydroxylation is 1. The second-order valence-corrected chi connectivity index (χ2v) is 12.5. The minimum atomic E-state index is -3.86. The number of likely N-dealkylation sites (N-methyl/N-ethyl adjacent to an activating group) is 1. The van der Waals surface area contributed by atoms with Crippen LogP contribution in [0.25, 0.3) is 11.1 Å². The second kappa shape index (κ2) is 13.3. The van der Waals surface area contributed by atoms with Crippen molar-refractivity contribution in [1.82, 2.24) is 9.62 Å². The van der Waals surface area contributed by atoms with Gasteiger partial charge < -0.3 is 15.5 Å². The van der Waals surface area contributed by atoms with Crippen molar-refractivity contribution < 1.29 is 27.8 Å². The number of rotatable bonds is 14. The van der Waals surface area contributed by atoms with Crippen molar-refractivity contribution in [1.29, 1.82) is 0 Å². The van der Waals surface area contributed by atoms with Gasteiger partial charge in [0.15, 0.2) is 0 Å². The molecule has 9 heteroatoms. The average Bonchev–Trinajstić information content (AvgIpc) is 2.89. The standard InChI is InChI=1S/C30H37FN2O5S/c1-30(2,17-7-10-24-8-4-5-12-28(24)31)32-20-26(34)21-33(3)39(37,38)27-11-6-9-25(19-27)23-15-13-22(14-16-23)18-29(35)36/h4-6,8-9,11-16,19,26,32,34H,7,10,17-18,20-21H2,1-3H3,(H,35,36). The predicted octanol–water partition coefficient (Wildman–Crippen LogP) is 4.49. The summed E-state index contributed by atoms with van der Waals surface area (Å²) in [4.78, 5) is 11.0. The highest BCUT2D eigenvalue weighted by Crippen LogP contribution is 2.25. The summed E-state index contributed by atoms with van der Waals surface area (Å²) in [6.07, 6.45) is 1.13. The number of β-amino-alcohol motifs (C(OH)–C–C–N with tert-alkyl or cyclic N) is 1.